The smallest absolute Gasteiger partial charge is 0.337 e. The Morgan fingerprint density at radius 3 is 2.16 bits per heavy atom. The van der Waals surface area contributed by atoms with E-state index in [4.69, 9.17) is 28.4 Å². The molecule has 0 aromatic carbocycles. The first-order chi connectivity index (χ1) is 18.1. The molecule has 1 unspecified atom stereocenters. The highest BCUT2D eigenvalue weighted by atomic mass is 16.8. The minimum Gasteiger partial charge on any atom is -0.471 e. The van der Waals surface area contributed by atoms with E-state index in [2.05, 4.69) is 0 Å². The topological polar surface area (TPSA) is 234 Å². The maximum absolute atomic E-state index is 12.2. The zero-order chi connectivity index (χ0) is 27.7. The van der Waals surface area contributed by atoms with Crippen LogP contribution >= 0.6 is 0 Å². The molecule has 13 atom stereocenters. The van der Waals surface area contributed by atoms with E-state index in [0.717, 1.165) is 0 Å². The predicted molar refractivity (Wildman–Crippen MR) is 119 cm³/mol. The second-order valence-electron chi connectivity index (χ2n) is 9.56. The van der Waals surface area contributed by atoms with Gasteiger partial charge in [-0.05, 0) is 12.0 Å². The first-order valence-corrected chi connectivity index (χ1v) is 12.1. The number of aliphatic hydroxyl groups is 8. The number of allylic oxidation sites excluding steroid dienone is 1. The molecule has 0 radical (unpaired) electrons. The summed E-state index contributed by atoms with van der Waals surface area (Å²) in [6.45, 7) is -1.54. The van der Waals surface area contributed by atoms with E-state index in [1.54, 1.807) is 6.08 Å². The van der Waals surface area contributed by atoms with Crippen LogP contribution in [0.5, 0.6) is 0 Å². The van der Waals surface area contributed by atoms with Gasteiger partial charge in [0.15, 0.2) is 12.6 Å². The molecule has 15 heteroatoms. The van der Waals surface area contributed by atoms with Crippen molar-refractivity contribution in [3.05, 3.63) is 23.5 Å². The monoisotopic (exact) mass is 550 g/mol. The quantitative estimate of drug-likeness (QED) is 0.105. The van der Waals surface area contributed by atoms with Crippen LogP contribution in [-0.4, -0.2) is 141 Å². The van der Waals surface area contributed by atoms with Crippen LogP contribution < -0.4 is 0 Å². The molecule has 0 aromatic rings. The summed E-state index contributed by atoms with van der Waals surface area (Å²) in [7, 11) is 1.22. The standard InChI is InChI=1S/C23H34O15/c1-33-20(32)10-6-34-21(13-8(4-24)2-3-9(10)13)38-23-19(31)17(29)15(27)12(37-23)7-35-22-18(30)16(28)14(26)11(5-25)36-22/h2,6,9,11-19,21-31H,3-5,7H2,1H3/t9-,11-,12-,13-,14-,15-,16+,17+,18-,19-,21-,22+,23?/m1/s1. The third kappa shape index (κ3) is 5.47. The Bertz CT molecular complexity index is 892. The van der Waals surface area contributed by atoms with E-state index in [9.17, 15) is 45.6 Å². The number of aliphatic hydroxyl groups excluding tert-OH is 8. The van der Waals surface area contributed by atoms with Crippen LogP contribution in [0.15, 0.2) is 23.5 Å². The summed E-state index contributed by atoms with van der Waals surface area (Å²) in [5.41, 5.74) is 0.770. The van der Waals surface area contributed by atoms with E-state index in [0.29, 0.717) is 12.0 Å². The van der Waals surface area contributed by atoms with Crippen molar-refractivity contribution in [3.63, 3.8) is 0 Å². The Hall–Kier alpha value is -1.73. The molecule has 3 heterocycles. The molecular weight excluding hydrogens is 516 g/mol. The largest absolute Gasteiger partial charge is 0.471 e. The lowest BCUT2D eigenvalue weighted by molar-refractivity contribution is -0.352. The molecule has 2 saturated heterocycles. The molecule has 15 nitrogen and oxygen atoms in total. The highest BCUT2D eigenvalue weighted by molar-refractivity contribution is 5.89. The van der Waals surface area contributed by atoms with Crippen LogP contribution in [0.4, 0.5) is 0 Å². The normalized spacial score (nSPS) is 45.0. The molecule has 0 amide bonds. The zero-order valence-electron chi connectivity index (χ0n) is 20.4. The Kier molecular flexibility index (Phi) is 9.39. The second-order valence-corrected chi connectivity index (χ2v) is 9.56. The molecule has 0 aromatic heterocycles. The van der Waals surface area contributed by atoms with Gasteiger partial charge in [0.05, 0.1) is 44.7 Å². The summed E-state index contributed by atoms with van der Waals surface area (Å²) in [5, 5.41) is 80.5. The fourth-order valence-electron chi connectivity index (χ4n) is 5.11. The van der Waals surface area contributed by atoms with Gasteiger partial charge in [0, 0.05) is 5.92 Å². The van der Waals surface area contributed by atoms with Crippen molar-refractivity contribution in [2.24, 2.45) is 11.8 Å². The van der Waals surface area contributed by atoms with Crippen LogP contribution in [0.1, 0.15) is 6.42 Å². The number of fused-ring (bicyclic) bond motifs is 1. The van der Waals surface area contributed by atoms with Gasteiger partial charge in [0.2, 0.25) is 6.29 Å². The van der Waals surface area contributed by atoms with Crippen LogP contribution in [-0.2, 0) is 33.2 Å². The number of hydrogen-bond donors (Lipinski definition) is 8. The summed E-state index contributed by atoms with van der Waals surface area (Å²) in [5.74, 6) is -1.68. The molecule has 1 aliphatic carbocycles. The molecule has 38 heavy (non-hydrogen) atoms. The van der Waals surface area contributed by atoms with Gasteiger partial charge in [0.25, 0.3) is 0 Å². The minimum atomic E-state index is -1.76. The number of carbonyl (C=O) groups is 1. The van der Waals surface area contributed by atoms with Gasteiger partial charge in [-0.3, -0.25) is 0 Å². The van der Waals surface area contributed by atoms with Crippen molar-refractivity contribution >= 4 is 5.97 Å². The molecule has 0 spiro atoms. The number of esters is 1. The third-order valence-corrected chi connectivity index (χ3v) is 7.33. The lowest BCUT2D eigenvalue weighted by Gasteiger charge is -2.44. The van der Waals surface area contributed by atoms with Crippen LogP contribution in [0.2, 0.25) is 0 Å². The van der Waals surface area contributed by atoms with Crippen LogP contribution in [0, 0.1) is 11.8 Å². The van der Waals surface area contributed by atoms with Crippen molar-refractivity contribution in [1.29, 1.82) is 0 Å². The predicted octanol–water partition coefficient (Wildman–Crippen LogP) is -4.40. The maximum atomic E-state index is 12.2. The van der Waals surface area contributed by atoms with Gasteiger partial charge in [-0.2, -0.15) is 0 Å². The van der Waals surface area contributed by atoms with Crippen molar-refractivity contribution in [2.45, 2.75) is 74.1 Å². The zero-order valence-corrected chi connectivity index (χ0v) is 20.4. The first kappa shape index (κ1) is 29.3. The average Bonchev–Trinajstić information content (AvgIpc) is 3.36. The van der Waals surface area contributed by atoms with E-state index < -0.39 is 98.7 Å². The number of rotatable bonds is 8. The Balaban J connectivity index is 1.45. The van der Waals surface area contributed by atoms with Crippen LogP contribution in [0.25, 0.3) is 0 Å². The fraction of sp³-hybridized carbons (Fsp3) is 0.783. The fourth-order valence-corrected chi connectivity index (χ4v) is 5.11. The number of hydrogen-bond acceptors (Lipinski definition) is 15. The molecule has 2 fully saturated rings. The number of ether oxygens (including phenoxy) is 6. The maximum Gasteiger partial charge on any atom is 0.337 e. The molecule has 8 N–H and O–H groups in total. The second kappa shape index (κ2) is 12.2. The van der Waals surface area contributed by atoms with E-state index in [-0.39, 0.29) is 12.2 Å². The van der Waals surface area contributed by atoms with Gasteiger partial charge in [0.1, 0.15) is 48.8 Å². The molecule has 4 aliphatic rings. The van der Waals surface area contributed by atoms with Gasteiger partial charge in [-0.1, -0.05) is 6.08 Å². The SMILES string of the molecule is COC(=O)C1=CO[C@H](OC2O[C@H](CO[C@H]3O[C@H](CO)[C@@H](O)[C@H](O)[C@H]3O)[C@@H](O)[C@H](O)[C@H]2O)[C@@H]2C(CO)=CC[C@H]12. The molecule has 216 valence electrons. The Morgan fingerprint density at radius 1 is 0.895 bits per heavy atom. The van der Waals surface area contributed by atoms with Gasteiger partial charge in [-0.25, -0.2) is 4.79 Å². The number of methoxy groups -OCH3 is 1. The Labute approximate surface area is 217 Å². The minimum absolute atomic E-state index is 0.239. The third-order valence-electron chi connectivity index (χ3n) is 7.33. The van der Waals surface area contributed by atoms with Gasteiger partial charge in [-0.15, -0.1) is 0 Å². The molecule has 0 saturated carbocycles. The van der Waals surface area contributed by atoms with Crippen molar-refractivity contribution in [1.82, 2.24) is 0 Å². The summed E-state index contributed by atoms with van der Waals surface area (Å²) < 4.78 is 32.5. The van der Waals surface area contributed by atoms with E-state index >= 15 is 0 Å². The Morgan fingerprint density at radius 2 is 1.53 bits per heavy atom. The van der Waals surface area contributed by atoms with Crippen molar-refractivity contribution in [3.8, 4) is 0 Å². The average molecular weight is 551 g/mol. The molecule has 3 aliphatic heterocycles. The van der Waals surface area contributed by atoms with Gasteiger partial charge < -0.3 is 69.3 Å². The summed E-state index contributed by atoms with van der Waals surface area (Å²) in [6.07, 6.45) is -13.6. The molecule has 0 bridgehead atoms. The van der Waals surface area contributed by atoms with Crippen molar-refractivity contribution < 1.29 is 74.1 Å². The number of carbonyl (C=O) groups excluding carboxylic acids is 1. The lowest BCUT2D eigenvalue weighted by Crippen LogP contribution is -2.62. The van der Waals surface area contributed by atoms with Gasteiger partial charge >= 0.3 is 5.97 Å². The highest BCUT2D eigenvalue weighted by Crippen LogP contribution is 2.44. The molecule has 4 rings (SSSR count). The van der Waals surface area contributed by atoms with Crippen molar-refractivity contribution in [2.75, 3.05) is 26.9 Å². The summed E-state index contributed by atoms with van der Waals surface area (Å²) in [6, 6.07) is 0. The molecular formula is C23H34O15. The van der Waals surface area contributed by atoms with Crippen LogP contribution in [0.3, 0.4) is 0 Å². The summed E-state index contributed by atoms with van der Waals surface area (Å²) >= 11 is 0. The summed E-state index contributed by atoms with van der Waals surface area (Å²) in [4.78, 5) is 12.2. The first-order valence-electron chi connectivity index (χ1n) is 12.1. The highest BCUT2D eigenvalue weighted by Gasteiger charge is 2.51. The lowest BCUT2D eigenvalue weighted by atomic mass is 9.83. The van der Waals surface area contributed by atoms with E-state index in [1.165, 1.54) is 13.4 Å². The van der Waals surface area contributed by atoms with E-state index in [1.807, 2.05) is 0 Å².